The van der Waals surface area contributed by atoms with Crippen LogP contribution in [-0.2, 0) is 9.84 Å². The van der Waals surface area contributed by atoms with Crippen LogP contribution in [-0.4, -0.2) is 56.1 Å². The van der Waals surface area contributed by atoms with Crippen LogP contribution >= 0.6 is 0 Å². The van der Waals surface area contributed by atoms with E-state index in [0.717, 1.165) is 24.0 Å². The SMILES string of the molecule is COc1cc(N2CCC(O)C2)ccc1Nc1nc(Nc2ccccc2S(C)(=O)=O)c2ccccc2n1. The van der Waals surface area contributed by atoms with Gasteiger partial charge in [0.05, 0.1) is 35.0 Å². The molecular weight excluding hydrogens is 478 g/mol. The maximum absolute atomic E-state index is 12.3. The molecule has 1 fully saturated rings. The number of sulfone groups is 1. The Morgan fingerprint density at radius 2 is 1.78 bits per heavy atom. The average molecular weight is 506 g/mol. The Kier molecular flexibility index (Phi) is 6.38. The molecule has 3 aromatic carbocycles. The van der Waals surface area contributed by atoms with Crippen LogP contribution in [0.2, 0.25) is 0 Å². The lowest BCUT2D eigenvalue weighted by Gasteiger charge is -2.20. The third-order valence-corrected chi connectivity index (χ3v) is 7.26. The van der Waals surface area contributed by atoms with Crippen LogP contribution in [0, 0.1) is 0 Å². The molecular formula is C26H27N5O4S. The lowest BCUT2D eigenvalue weighted by atomic mass is 10.2. The largest absolute Gasteiger partial charge is 0.494 e. The zero-order valence-corrected chi connectivity index (χ0v) is 20.8. The fraction of sp³-hybridized carbons (Fsp3) is 0.231. The van der Waals surface area contributed by atoms with Crippen LogP contribution in [0.1, 0.15) is 6.42 Å². The summed E-state index contributed by atoms with van der Waals surface area (Å²) in [6.07, 6.45) is 1.60. The second kappa shape index (κ2) is 9.63. The topological polar surface area (TPSA) is 117 Å². The molecule has 5 rings (SSSR count). The standard InChI is InChI=1S/C26H27N5O4S/c1-35-23-15-17(31-14-13-18(32)16-31)11-12-21(23)29-26-28-20-8-4-3-7-19(20)25(30-26)27-22-9-5-6-10-24(22)36(2,33)34/h3-12,15,18,32H,13-14,16H2,1-2H3,(H2,27,28,29,30). The highest BCUT2D eigenvalue weighted by Gasteiger charge is 2.21. The highest BCUT2D eigenvalue weighted by atomic mass is 32.2. The Bertz CT molecular complexity index is 1530. The van der Waals surface area contributed by atoms with E-state index in [9.17, 15) is 13.5 Å². The van der Waals surface area contributed by atoms with Crippen molar-refractivity contribution >= 4 is 49.6 Å². The Morgan fingerprint density at radius 3 is 2.53 bits per heavy atom. The molecule has 0 aliphatic carbocycles. The van der Waals surface area contributed by atoms with Gasteiger partial charge < -0.3 is 25.4 Å². The summed E-state index contributed by atoms with van der Waals surface area (Å²) in [5.74, 6) is 1.42. The molecule has 1 aromatic heterocycles. The molecule has 1 aliphatic rings. The summed E-state index contributed by atoms with van der Waals surface area (Å²) in [6.45, 7) is 1.38. The van der Waals surface area contributed by atoms with Crippen molar-refractivity contribution in [1.29, 1.82) is 0 Å². The van der Waals surface area contributed by atoms with E-state index in [1.165, 1.54) is 6.26 Å². The average Bonchev–Trinajstić information content (AvgIpc) is 3.30. The number of nitrogens with one attached hydrogen (secondary N) is 2. The van der Waals surface area contributed by atoms with Gasteiger partial charge in [0.2, 0.25) is 5.95 Å². The molecule has 0 spiro atoms. The van der Waals surface area contributed by atoms with E-state index in [-0.39, 0.29) is 11.0 Å². The minimum Gasteiger partial charge on any atom is -0.494 e. The molecule has 1 atom stereocenters. The summed E-state index contributed by atoms with van der Waals surface area (Å²) in [5, 5.41) is 17.1. The highest BCUT2D eigenvalue weighted by Crippen LogP contribution is 2.34. The van der Waals surface area contributed by atoms with Crippen molar-refractivity contribution in [2.24, 2.45) is 0 Å². The summed E-state index contributed by atoms with van der Waals surface area (Å²) in [7, 11) is -1.85. The number of benzene rings is 3. The van der Waals surface area contributed by atoms with Gasteiger partial charge in [-0.15, -0.1) is 0 Å². The van der Waals surface area contributed by atoms with Gasteiger partial charge in [0, 0.05) is 36.5 Å². The third-order valence-electron chi connectivity index (χ3n) is 6.10. The Morgan fingerprint density at radius 1 is 1.00 bits per heavy atom. The quantitative estimate of drug-likeness (QED) is 0.341. The number of fused-ring (bicyclic) bond motifs is 1. The number of para-hydroxylation sites is 2. The van der Waals surface area contributed by atoms with E-state index in [1.807, 2.05) is 42.5 Å². The molecule has 36 heavy (non-hydrogen) atoms. The predicted molar refractivity (Wildman–Crippen MR) is 141 cm³/mol. The summed E-state index contributed by atoms with van der Waals surface area (Å²) in [4.78, 5) is 11.6. The Labute approximate surface area is 209 Å². The Hall–Kier alpha value is -3.89. The van der Waals surface area contributed by atoms with Gasteiger partial charge in [-0.1, -0.05) is 24.3 Å². The second-order valence-electron chi connectivity index (χ2n) is 8.70. The number of aliphatic hydroxyl groups is 1. The third kappa shape index (κ3) is 4.91. The first-order valence-electron chi connectivity index (χ1n) is 11.5. The van der Waals surface area contributed by atoms with Gasteiger partial charge in [0.25, 0.3) is 0 Å². The van der Waals surface area contributed by atoms with Gasteiger partial charge in [-0.3, -0.25) is 0 Å². The van der Waals surface area contributed by atoms with Crippen LogP contribution in [0.15, 0.2) is 71.6 Å². The van der Waals surface area contributed by atoms with Gasteiger partial charge in [-0.25, -0.2) is 13.4 Å². The number of methoxy groups -OCH3 is 1. The van der Waals surface area contributed by atoms with E-state index < -0.39 is 9.84 Å². The van der Waals surface area contributed by atoms with Crippen molar-refractivity contribution in [3.8, 4) is 5.75 Å². The first-order valence-corrected chi connectivity index (χ1v) is 13.4. The zero-order valence-electron chi connectivity index (χ0n) is 20.0. The molecule has 9 nitrogen and oxygen atoms in total. The second-order valence-corrected chi connectivity index (χ2v) is 10.7. The van der Waals surface area contributed by atoms with Crippen LogP contribution in [0.5, 0.6) is 5.75 Å². The van der Waals surface area contributed by atoms with Gasteiger partial charge in [-0.2, -0.15) is 4.98 Å². The number of hydrogen-bond acceptors (Lipinski definition) is 9. The molecule has 0 saturated carbocycles. The Balaban J connectivity index is 1.51. The number of anilines is 5. The van der Waals surface area contributed by atoms with Crippen LogP contribution in [0.4, 0.5) is 28.8 Å². The van der Waals surface area contributed by atoms with Gasteiger partial charge in [0.1, 0.15) is 11.6 Å². The molecule has 0 radical (unpaired) electrons. The number of aliphatic hydroxyl groups excluding tert-OH is 1. The minimum atomic E-state index is -3.45. The van der Waals surface area contributed by atoms with E-state index in [4.69, 9.17) is 4.74 Å². The van der Waals surface area contributed by atoms with Crippen molar-refractivity contribution in [1.82, 2.24) is 9.97 Å². The number of rotatable bonds is 7. The number of β-amino-alcohol motifs (C(OH)–C–C–N with tert-alkyl or cyclic N) is 1. The molecule has 1 unspecified atom stereocenters. The van der Waals surface area contributed by atoms with Gasteiger partial charge in [-0.05, 0) is 42.8 Å². The summed E-state index contributed by atoms with van der Waals surface area (Å²) in [5.41, 5.74) is 2.77. The number of hydrogen-bond donors (Lipinski definition) is 3. The maximum atomic E-state index is 12.3. The molecule has 1 saturated heterocycles. The smallest absolute Gasteiger partial charge is 0.229 e. The lowest BCUT2D eigenvalue weighted by molar-refractivity contribution is 0.198. The normalized spacial score (nSPS) is 15.8. The molecule has 186 valence electrons. The van der Waals surface area contributed by atoms with Crippen molar-refractivity contribution < 1.29 is 18.3 Å². The van der Waals surface area contributed by atoms with Crippen LogP contribution < -0.4 is 20.3 Å². The number of nitrogens with zero attached hydrogens (tertiary/aromatic N) is 3. The zero-order chi connectivity index (χ0) is 25.3. The van der Waals surface area contributed by atoms with Crippen molar-refractivity contribution in [2.45, 2.75) is 17.4 Å². The van der Waals surface area contributed by atoms with Crippen molar-refractivity contribution in [2.75, 3.05) is 42.0 Å². The highest BCUT2D eigenvalue weighted by molar-refractivity contribution is 7.90. The van der Waals surface area contributed by atoms with Crippen LogP contribution in [0.3, 0.4) is 0 Å². The molecule has 4 aromatic rings. The fourth-order valence-electron chi connectivity index (χ4n) is 4.33. The molecule has 2 heterocycles. The number of aromatic nitrogens is 2. The van der Waals surface area contributed by atoms with Crippen LogP contribution in [0.25, 0.3) is 10.9 Å². The first kappa shape index (κ1) is 23.8. The van der Waals surface area contributed by atoms with Crippen molar-refractivity contribution in [3.63, 3.8) is 0 Å². The lowest BCUT2D eigenvalue weighted by Crippen LogP contribution is -2.21. The van der Waals surface area contributed by atoms with E-state index in [2.05, 4.69) is 25.5 Å². The number of ether oxygens (including phenoxy) is 1. The fourth-order valence-corrected chi connectivity index (χ4v) is 5.17. The van der Waals surface area contributed by atoms with E-state index in [0.29, 0.717) is 41.0 Å². The predicted octanol–water partition coefficient (Wildman–Crippen LogP) is 4.10. The summed E-state index contributed by atoms with van der Waals surface area (Å²) in [6, 6.07) is 20.0. The summed E-state index contributed by atoms with van der Waals surface area (Å²) < 4.78 is 30.2. The minimum absolute atomic E-state index is 0.187. The maximum Gasteiger partial charge on any atom is 0.229 e. The van der Waals surface area contributed by atoms with Crippen molar-refractivity contribution in [3.05, 3.63) is 66.7 Å². The van der Waals surface area contributed by atoms with E-state index >= 15 is 0 Å². The molecule has 1 aliphatic heterocycles. The monoisotopic (exact) mass is 505 g/mol. The molecule has 3 N–H and O–H groups in total. The molecule has 0 amide bonds. The summed E-state index contributed by atoms with van der Waals surface area (Å²) >= 11 is 0. The molecule has 0 bridgehead atoms. The first-order chi connectivity index (χ1) is 17.3. The molecule has 10 heteroatoms. The van der Waals surface area contributed by atoms with Gasteiger partial charge in [0.15, 0.2) is 9.84 Å². The van der Waals surface area contributed by atoms with Gasteiger partial charge >= 0.3 is 0 Å². The van der Waals surface area contributed by atoms with E-state index in [1.54, 1.807) is 31.4 Å².